The Hall–Kier alpha value is -0.280. The first-order valence-corrected chi connectivity index (χ1v) is 12.1. The summed E-state index contributed by atoms with van der Waals surface area (Å²) in [6.45, 7) is -1.83. The van der Waals surface area contributed by atoms with Crippen LogP contribution < -0.4 is 16.8 Å². The van der Waals surface area contributed by atoms with Gasteiger partial charge in [0.1, 0.15) is 11.2 Å². The molecule has 0 fully saturated rings. The number of hydrogen-bond acceptors (Lipinski definition) is 8. The highest BCUT2D eigenvalue weighted by atomic mass is 127. The van der Waals surface area contributed by atoms with Crippen LogP contribution in [-0.2, 0) is 19.1 Å². The molecule has 4 atom stereocenters. The van der Waals surface area contributed by atoms with E-state index < -0.39 is 65.0 Å². The highest BCUT2D eigenvalue weighted by Crippen LogP contribution is 2.62. The maximum Gasteiger partial charge on any atom is 0.257 e. The fourth-order valence-electron chi connectivity index (χ4n) is 3.34. The number of ether oxygens (including phenoxy) is 1. The number of alkyl halides is 1. The number of amides is 3. The van der Waals surface area contributed by atoms with E-state index in [1.54, 1.807) is 67.8 Å². The SMILES string of the molecule is CNC(=O)COC1=C(I)C(CC(O)CO)(C(N)=O)C(I)(CC(O)CO)C(C(N)=O)=C1I. The van der Waals surface area contributed by atoms with Gasteiger partial charge in [0.25, 0.3) is 5.91 Å². The topological polar surface area (TPSA) is 205 Å². The maximum atomic E-state index is 13.0. The van der Waals surface area contributed by atoms with Crippen LogP contribution >= 0.6 is 67.8 Å². The molecule has 0 radical (unpaired) electrons. The van der Waals surface area contributed by atoms with Crippen LogP contribution in [0.5, 0.6) is 0 Å². The molecule has 1 aliphatic rings. The summed E-state index contributed by atoms with van der Waals surface area (Å²) < 4.78 is 4.33. The number of halogens is 3. The van der Waals surface area contributed by atoms with Gasteiger partial charge in [-0.25, -0.2) is 0 Å². The van der Waals surface area contributed by atoms with E-state index in [2.05, 4.69) is 5.32 Å². The molecular formula is C17H24I3N3O8. The van der Waals surface area contributed by atoms with Crippen LogP contribution in [0.25, 0.3) is 0 Å². The third-order valence-electron chi connectivity index (χ3n) is 4.84. The molecule has 0 aromatic carbocycles. The van der Waals surface area contributed by atoms with Crippen LogP contribution in [0.3, 0.4) is 0 Å². The molecule has 31 heavy (non-hydrogen) atoms. The van der Waals surface area contributed by atoms with E-state index >= 15 is 0 Å². The summed E-state index contributed by atoms with van der Waals surface area (Å²) in [6, 6.07) is 0. The molecule has 176 valence electrons. The zero-order chi connectivity index (χ0) is 24.1. The van der Waals surface area contributed by atoms with Gasteiger partial charge >= 0.3 is 0 Å². The summed E-state index contributed by atoms with van der Waals surface area (Å²) in [5.74, 6) is -2.41. The zero-order valence-electron chi connectivity index (χ0n) is 16.4. The second-order valence-electron chi connectivity index (χ2n) is 6.81. The molecule has 0 aromatic heterocycles. The summed E-state index contributed by atoms with van der Waals surface area (Å²) in [5.41, 5.74) is 9.46. The molecule has 0 spiro atoms. The molecular weight excluding hydrogens is 755 g/mol. The summed E-state index contributed by atoms with van der Waals surface area (Å²) in [4.78, 5) is 37.2. The van der Waals surface area contributed by atoms with Gasteiger partial charge in [0.2, 0.25) is 11.8 Å². The third kappa shape index (κ3) is 5.62. The molecule has 9 N–H and O–H groups in total. The van der Waals surface area contributed by atoms with Crippen LogP contribution in [-0.4, -0.2) is 80.6 Å². The first kappa shape index (κ1) is 28.8. The smallest absolute Gasteiger partial charge is 0.257 e. The Morgan fingerprint density at radius 1 is 1.10 bits per heavy atom. The van der Waals surface area contributed by atoms with Gasteiger partial charge in [0.05, 0.1) is 41.6 Å². The van der Waals surface area contributed by atoms with Crippen LogP contribution in [0.1, 0.15) is 12.8 Å². The molecule has 0 saturated heterocycles. The highest BCUT2D eigenvalue weighted by molar-refractivity contribution is 14.1. The van der Waals surface area contributed by atoms with Gasteiger partial charge in [-0.05, 0) is 58.0 Å². The molecule has 0 aromatic rings. The number of nitrogens with one attached hydrogen (secondary N) is 1. The van der Waals surface area contributed by atoms with Crippen LogP contribution in [0.4, 0.5) is 0 Å². The second kappa shape index (κ2) is 11.7. The van der Waals surface area contributed by atoms with E-state index in [1.165, 1.54) is 7.05 Å². The van der Waals surface area contributed by atoms with Crippen molar-refractivity contribution in [1.29, 1.82) is 0 Å². The molecule has 11 nitrogen and oxygen atoms in total. The average molecular weight is 779 g/mol. The Morgan fingerprint density at radius 2 is 1.61 bits per heavy atom. The maximum absolute atomic E-state index is 13.0. The summed E-state index contributed by atoms with van der Waals surface area (Å²) in [5, 5.41) is 41.7. The van der Waals surface area contributed by atoms with Gasteiger partial charge in [0.15, 0.2) is 6.61 Å². The first-order valence-electron chi connectivity index (χ1n) is 8.84. The monoisotopic (exact) mass is 779 g/mol. The standard InChI is InChI=1S/C17H24I3N3O8/c1-23-9(28)6-31-12-11(18)10(14(21)29)17(20,3-8(27)5-25)16(13(12)19,15(22)30)2-7(26)4-24/h7-8,24-27H,2-6H2,1H3,(H2,21,29)(H2,22,30)(H,23,28). The van der Waals surface area contributed by atoms with Crippen molar-refractivity contribution in [2.75, 3.05) is 26.9 Å². The van der Waals surface area contributed by atoms with Gasteiger partial charge in [0, 0.05) is 7.05 Å². The number of allylic oxidation sites excluding steroid dienone is 1. The second-order valence-corrected chi connectivity index (χ2v) is 10.8. The summed E-state index contributed by atoms with van der Waals surface area (Å²) in [6.07, 6.45) is -3.56. The molecule has 1 rings (SSSR count). The van der Waals surface area contributed by atoms with Crippen molar-refractivity contribution in [2.45, 2.75) is 28.5 Å². The van der Waals surface area contributed by atoms with Crippen molar-refractivity contribution in [1.82, 2.24) is 5.32 Å². The molecule has 3 amide bonds. The molecule has 0 bridgehead atoms. The van der Waals surface area contributed by atoms with Crippen molar-refractivity contribution >= 4 is 85.5 Å². The number of carbonyl (C=O) groups excluding carboxylic acids is 3. The minimum Gasteiger partial charge on any atom is -0.482 e. The lowest BCUT2D eigenvalue weighted by atomic mass is 9.63. The predicted octanol–water partition coefficient (Wildman–Crippen LogP) is -1.28. The van der Waals surface area contributed by atoms with Crippen LogP contribution in [0.15, 0.2) is 18.5 Å². The lowest BCUT2D eigenvalue weighted by molar-refractivity contribution is -0.129. The Morgan fingerprint density at radius 3 is 2.03 bits per heavy atom. The van der Waals surface area contributed by atoms with Crippen LogP contribution in [0, 0.1) is 5.41 Å². The molecule has 1 aliphatic carbocycles. The van der Waals surface area contributed by atoms with Crippen molar-refractivity contribution in [2.24, 2.45) is 16.9 Å². The third-order valence-corrected chi connectivity index (χ3v) is 9.18. The Labute approximate surface area is 219 Å². The number of aliphatic hydroxyl groups is 4. The number of hydrogen-bond donors (Lipinski definition) is 7. The number of aliphatic hydroxyl groups excluding tert-OH is 4. The molecule has 0 aliphatic heterocycles. The molecule has 0 saturated carbocycles. The Kier molecular flexibility index (Phi) is 10.9. The predicted molar refractivity (Wildman–Crippen MR) is 135 cm³/mol. The summed E-state index contributed by atoms with van der Waals surface area (Å²) in [7, 11) is 1.40. The van der Waals surface area contributed by atoms with Crippen molar-refractivity contribution < 1.29 is 39.5 Å². The Bertz CT molecular complexity index is 805. The molecule has 14 heteroatoms. The fourth-order valence-corrected chi connectivity index (χ4v) is 9.21. The first-order chi connectivity index (χ1) is 14.3. The average Bonchev–Trinajstić information content (AvgIpc) is 2.69. The van der Waals surface area contributed by atoms with E-state index in [1.807, 2.05) is 0 Å². The lowest BCUT2D eigenvalue weighted by Gasteiger charge is -2.50. The number of nitrogens with two attached hydrogens (primary N) is 2. The van der Waals surface area contributed by atoms with Crippen molar-refractivity contribution in [3.63, 3.8) is 0 Å². The number of rotatable bonds is 11. The van der Waals surface area contributed by atoms with E-state index in [0.29, 0.717) is 0 Å². The van der Waals surface area contributed by atoms with Gasteiger partial charge in [-0.15, -0.1) is 0 Å². The highest BCUT2D eigenvalue weighted by Gasteiger charge is 2.64. The minimum atomic E-state index is -1.87. The zero-order valence-corrected chi connectivity index (χ0v) is 22.9. The van der Waals surface area contributed by atoms with E-state index in [-0.39, 0.29) is 24.9 Å². The summed E-state index contributed by atoms with van der Waals surface area (Å²) >= 11 is 5.34. The number of likely N-dealkylation sites (N-methyl/N-ethyl adjacent to an activating group) is 1. The number of carbonyl (C=O) groups is 3. The minimum absolute atomic E-state index is 0.00619. The van der Waals surface area contributed by atoms with E-state index in [9.17, 15) is 34.8 Å². The quantitative estimate of drug-likeness (QED) is 0.0992. The van der Waals surface area contributed by atoms with Gasteiger partial charge < -0.3 is 41.9 Å². The van der Waals surface area contributed by atoms with Crippen molar-refractivity contribution in [3.05, 3.63) is 18.5 Å². The van der Waals surface area contributed by atoms with E-state index in [0.717, 1.165) is 0 Å². The van der Waals surface area contributed by atoms with Crippen LogP contribution in [0.2, 0.25) is 0 Å². The number of primary amides is 2. The van der Waals surface area contributed by atoms with Gasteiger partial charge in [-0.1, -0.05) is 22.6 Å². The normalized spacial score (nSPS) is 25.8. The van der Waals surface area contributed by atoms with Gasteiger partial charge in [-0.2, -0.15) is 0 Å². The largest absolute Gasteiger partial charge is 0.482 e. The molecule has 4 unspecified atom stereocenters. The lowest BCUT2D eigenvalue weighted by Crippen LogP contribution is -2.60. The molecule has 0 heterocycles. The van der Waals surface area contributed by atoms with E-state index in [4.69, 9.17) is 16.2 Å². The van der Waals surface area contributed by atoms with Crippen molar-refractivity contribution in [3.8, 4) is 0 Å². The fraction of sp³-hybridized carbons (Fsp3) is 0.588. The van der Waals surface area contributed by atoms with Gasteiger partial charge in [-0.3, -0.25) is 14.4 Å². The Balaban J connectivity index is 3.96.